The van der Waals surface area contributed by atoms with Crippen molar-refractivity contribution in [2.24, 2.45) is 12.5 Å². The first-order chi connectivity index (χ1) is 13.5. The lowest BCUT2D eigenvalue weighted by molar-refractivity contribution is -0.135. The molecule has 1 atom stereocenters. The third-order valence-corrected chi connectivity index (χ3v) is 7.00. The Balaban J connectivity index is 1.30. The maximum Gasteiger partial charge on any atom is 0.222 e. The summed E-state index contributed by atoms with van der Waals surface area (Å²) in [5, 5.41) is 17.7. The van der Waals surface area contributed by atoms with Crippen LogP contribution in [0.15, 0.2) is 23.8 Å². The Morgan fingerprint density at radius 3 is 2.86 bits per heavy atom. The largest absolute Gasteiger partial charge is 0.392 e. The van der Waals surface area contributed by atoms with E-state index in [-0.39, 0.29) is 17.4 Å². The Hall–Kier alpha value is -1.77. The van der Waals surface area contributed by atoms with Gasteiger partial charge in [0.25, 0.3) is 0 Å². The van der Waals surface area contributed by atoms with Crippen LogP contribution in [-0.2, 0) is 24.8 Å². The first kappa shape index (κ1) is 19.5. The molecule has 4 heterocycles. The molecule has 152 valence electrons. The SMILES string of the molecule is Cn1nccc1CCC(=O)N1CCC2(CC1)CC(O)CN(Cc1nccs1)C2. The fraction of sp³-hybridized carbons (Fsp3) is 0.650. The lowest BCUT2D eigenvalue weighted by Crippen LogP contribution is -2.54. The second-order valence-electron chi connectivity index (χ2n) is 8.28. The fourth-order valence-corrected chi connectivity index (χ4v) is 5.40. The molecular formula is C20H29N5O2S. The number of aromatic nitrogens is 3. The zero-order valence-corrected chi connectivity index (χ0v) is 17.3. The van der Waals surface area contributed by atoms with Crippen molar-refractivity contribution < 1.29 is 9.90 Å². The topological polar surface area (TPSA) is 74.5 Å². The van der Waals surface area contributed by atoms with Crippen LogP contribution in [0.5, 0.6) is 0 Å². The van der Waals surface area contributed by atoms with Crippen molar-refractivity contribution in [2.75, 3.05) is 26.2 Å². The van der Waals surface area contributed by atoms with Gasteiger partial charge in [0.2, 0.25) is 5.91 Å². The molecule has 0 bridgehead atoms. The number of carbonyl (C=O) groups is 1. The van der Waals surface area contributed by atoms with Crippen molar-refractivity contribution in [3.05, 3.63) is 34.5 Å². The van der Waals surface area contributed by atoms with Crippen molar-refractivity contribution in [1.82, 2.24) is 24.6 Å². The molecule has 0 aliphatic carbocycles. The van der Waals surface area contributed by atoms with Gasteiger partial charge in [-0.05, 0) is 37.2 Å². The van der Waals surface area contributed by atoms with Gasteiger partial charge >= 0.3 is 0 Å². The highest BCUT2D eigenvalue weighted by Gasteiger charge is 2.42. The van der Waals surface area contributed by atoms with E-state index in [1.807, 2.05) is 34.3 Å². The van der Waals surface area contributed by atoms with Crippen LogP contribution in [0.2, 0.25) is 0 Å². The number of aliphatic hydroxyl groups is 1. The molecule has 0 saturated carbocycles. The number of aryl methyl sites for hydroxylation is 2. The minimum atomic E-state index is -0.291. The third-order valence-electron chi connectivity index (χ3n) is 6.23. The van der Waals surface area contributed by atoms with Crippen molar-refractivity contribution in [3.8, 4) is 0 Å². The fourth-order valence-electron chi connectivity index (χ4n) is 4.74. The Kier molecular flexibility index (Phi) is 5.80. The first-order valence-corrected chi connectivity index (χ1v) is 10.9. The Labute approximate surface area is 170 Å². The molecule has 2 fully saturated rings. The normalized spacial score (nSPS) is 22.6. The molecule has 2 aromatic rings. The van der Waals surface area contributed by atoms with Crippen LogP contribution in [-0.4, -0.2) is 67.9 Å². The molecule has 7 nitrogen and oxygen atoms in total. The van der Waals surface area contributed by atoms with Crippen molar-refractivity contribution in [3.63, 3.8) is 0 Å². The number of aliphatic hydroxyl groups excluding tert-OH is 1. The highest BCUT2D eigenvalue weighted by Crippen LogP contribution is 2.40. The second-order valence-corrected chi connectivity index (χ2v) is 9.26. The number of likely N-dealkylation sites (tertiary alicyclic amines) is 2. The molecule has 1 N–H and O–H groups in total. The van der Waals surface area contributed by atoms with Crippen LogP contribution in [0.25, 0.3) is 0 Å². The molecule has 0 radical (unpaired) electrons. The Bertz CT molecular complexity index is 782. The standard InChI is InChI=1S/C20H29N5O2S/c1-23-16(4-7-22-23)2-3-19(27)25-9-5-20(6-10-25)12-17(26)13-24(15-20)14-18-21-8-11-28-18/h4,7-8,11,17,26H,2-3,5-6,9-10,12-15H2,1H3. The summed E-state index contributed by atoms with van der Waals surface area (Å²) in [6.07, 6.45) is 7.37. The molecule has 28 heavy (non-hydrogen) atoms. The van der Waals surface area contributed by atoms with E-state index in [2.05, 4.69) is 15.0 Å². The van der Waals surface area contributed by atoms with E-state index in [1.165, 1.54) is 0 Å². The van der Waals surface area contributed by atoms with Crippen LogP contribution in [0.4, 0.5) is 0 Å². The molecule has 2 aliphatic rings. The van der Waals surface area contributed by atoms with E-state index >= 15 is 0 Å². The van der Waals surface area contributed by atoms with Gasteiger partial charge in [0.05, 0.1) is 12.6 Å². The molecule has 8 heteroatoms. The number of hydrogen-bond acceptors (Lipinski definition) is 6. The third kappa shape index (κ3) is 4.45. The van der Waals surface area contributed by atoms with Crippen LogP contribution < -0.4 is 0 Å². The lowest BCUT2D eigenvalue weighted by Gasteiger charge is -2.49. The van der Waals surface area contributed by atoms with Crippen molar-refractivity contribution in [1.29, 1.82) is 0 Å². The van der Waals surface area contributed by atoms with Crippen molar-refractivity contribution >= 4 is 17.2 Å². The highest BCUT2D eigenvalue weighted by atomic mass is 32.1. The van der Waals surface area contributed by atoms with Gasteiger partial charge in [0.15, 0.2) is 0 Å². The molecule has 1 spiro atoms. The van der Waals surface area contributed by atoms with E-state index in [0.29, 0.717) is 13.0 Å². The maximum atomic E-state index is 12.6. The number of rotatable bonds is 5. The van der Waals surface area contributed by atoms with Gasteiger partial charge in [-0.15, -0.1) is 11.3 Å². The summed E-state index contributed by atoms with van der Waals surface area (Å²) in [5.41, 5.74) is 1.21. The number of hydrogen-bond donors (Lipinski definition) is 1. The van der Waals surface area contributed by atoms with Crippen molar-refractivity contribution in [2.45, 2.75) is 44.8 Å². The molecule has 1 amide bonds. The summed E-state index contributed by atoms with van der Waals surface area (Å²) in [4.78, 5) is 21.4. The predicted molar refractivity (Wildman–Crippen MR) is 108 cm³/mol. The van der Waals surface area contributed by atoms with E-state index in [0.717, 1.165) is 62.6 Å². The average Bonchev–Trinajstić information content (AvgIpc) is 3.31. The zero-order chi connectivity index (χ0) is 19.6. The number of piperidine rings is 2. The Morgan fingerprint density at radius 1 is 1.36 bits per heavy atom. The minimum absolute atomic E-state index is 0.119. The molecule has 2 aromatic heterocycles. The van der Waals surface area contributed by atoms with Gasteiger partial charge in [-0.1, -0.05) is 0 Å². The minimum Gasteiger partial charge on any atom is -0.392 e. The summed E-state index contributed by atoms with van der Waals surface area (Å²) < 4.78 is 1.83. The summed E-state index contributed by atoms with van der Waals surface area (Å²) in [7, 11) is 1.91. The van der Waals surface area contributed by atoms with Gasteiger partial charge < -0.3 is 10.0 Å². The monoisotopic (exact) mass is 403 g/mol. The van der Waals surface area contributed by atoms with Gasteiger partial charge in [0.1, 0.15) is 5.01 Å². The summed E-state index contributed by atoms with van der Waals surface area (Å²) in [6, 6.07) is 1.97. The number of amides is 1. The molecular weight excluding hydrogens is 374 g/mol. The predicted octanol–water partition coefficient (Wildman–Crippen LogP) is 1.68. The summed E-state index contributed by atoms with van der Waals surface area (Å²) in [6.45, 7) is 4.10. The molecule has 2 aliphatic heterocycles. The first-order valence-electron chi connectivity index (χ1n) is 10.1. The van der Waals surface area contributed by atoms with Gasteiger partial charge in [-0.2, -0.15) is 5.10 Å². The van der Waals surface area contributed by atoms with Crippen LogP contribution in [0.1, 0.15) is 36.4 Å². The van der Waals surface area contributed by atoms with Crippen LogP contribution in [0.3, 0.4) is 0 Å². The van der Waals surface area contributed by atoms with Gasteiger partial charge in [0, 0.05) is 63.1 Å². The van der Waals surface area contributed by atoms with Gasteiger partial charge in [-0.3, -0.25) is 14.4 Å². The molecule has 1 unspecified atom stereocenters. The molecule has 2 saturated heterocycles. The van der Waals surface area contributed by atoms with Crippen LogP contribution >= 0.6 is 11.3 Å². The summed E-state index contributed by atoms with van der Waals surface area (Å²) in [5.74, 6) is 0.229. The van der Waals surface area contributed by atoms with E-state index < -0.39 is 0 Å². The highest BCUT2D eigenvalue weighted by molar-refractivity contribution is 7.09. The maximum absolute atomic E-state index is 12.6. The number of carbonyl (C=O) groups excluding carboxylic acids is 1. The van der Waals surface area contributed by atoms with E-state index in [9.17, 15) is 9.90 Å². The molecule has 0 aromatic carbocycles. The van der Waals surface area contributed by atoms with E-state index in [4.69, 9.17) is 0 Å². The second kappa shape index (κ2) is 8.31. The number of β-amino-alcohol motifs (C(OH)–C–C–N with tert-alkyl or cyclic N) is 1. The van der Waals surface area contributed by atoms with Crippen LogP contribution in [0, 0.1) is 5.41 Å². The van der Waals surface area contributed by atoms with E-state index in [1.54, 1.807) is 17.5 Å². The van der Waals surface area contributed by atoms with Gasteiger partial charge in [-0.25, -0.2) is 4.98 Å². The number of nitrogens with zero attached hydrogens (tertiary/aromatic N) is 5. The zero-order valence-electron chi connectivity index (χ0n) is 16.5. The summed E-state index contributed by atoms with van der Waals surface area (Å²) >= 11 is 1.67. The quantitative estimate of drug-likeness (QED) is 0.822. The average molecular weight is 404 g/mol. The number of thiazole rings is 1. The lowest BCUT2D eigenvalue weighted by atomic mass is 9.71. The Morgan fingerprint density at radius 2 is 2.18 bits per heavy atom. The smallest absolute Gasteiger partial charge is 0.222 e. The molecule has 4 rings (SSSR count).